The van der Waals surface area contributed by atoms with Crippen LogP contribution in [0.3, 0.4) is 0 Å². The van der Waals surface area contributed by atoms with E-state index in [2.05, 4.69) is 0 Å². The molecule has 1 amide bonds. The number of ether oxygens (including phenoxy) is 1. The summed E-state index contributed by atoms with van der Waals surface area (Å²) in [4.78, 5) is 25.6. The molecule has 1 aliphatic rings. The lowest BCUT2D eigenvalue weighted by molar-refractivity contribution is -0.140. The Morgan fingerprint density at radius 1 is 1.42 bits per heavy atom. The van der Waals surface area contributed by atoms with E-state index < -0.39 is 11.9 Å². The lowest BCUT2D eigenvalue weighted by Gasteiger charge is -2.25. The number of methoxy groups -OCH3 is 1. The lowest BCUT2D eigenvalue weighted by atomic mass is 10.1. The van der Waals surface area contributed by atoms with E-state index in [0.29, 0.717) is 18.7 Å². The second kappa shape index (κ2) is 6.65. The van der Waals surface area contributed by atoms with Crippen molar-refractivity contribution in [3.63, 3.8) is 0 Å². The number of likely N-dealkylation sites (tertiary alicyclic amines) is 1. The van der Waals surface area contributed by atoms with E-state index in [4.69, 9.17) is 14.3 Å². The molecule has 1 aromatic heterocycles. The van der Waals surface area contributed by atoms with Gasteiger partial charge in [0, 0.05) is 25.1 Å². The Hall–Kier alpha value is -2.34. The first-order valence-corrected chi connectivity index (χ1v) is 8.03. The zero-order valence-corrected chi connectivity index (χ0v) is 13.8. The SMILES string of the molecule is COC1CC(CC(=O)O)N(C(=O)C(C)c2cc3ccccc3o2)C1. The van der Waals surface area contributed by atoms with Crippen molar-refractivity contribution in [2.24, 2.45) is 0 Å². The van der Waals surface area contributed by atoms with Crippen molar-refractivity contribution in [1.82, 2.24) is 4.90 Å². The first kappa shape index (κ1) is 16.5. The number of amides is 1. The fourth-order valence-corrected chi connectivity index (χ4v) is 3.30. The molecule has 1 aromatic carbocycles. The van der Waals surface area contributed by atoms with Crippen LogP contribution in [0.15, 0.2) is 34.7 Å². The molecule has 6 heteroatoms. The predicted octanol–water partition coefficient (Wildman–Crippen LogP) is 2.63. The van der Waals surface area contributed by atoms with Crippen molar-refractivity contribution >= 4 is 22.8 Å². The third-order valence-corrected chi connectivity index (χ3v) is 4.64. The van der Waals surface area contributed by atoms with Crippen molar-refractivity contribution in [1.29, 1.82) is 0 Å². The number of fused-ring (bicyclic) bond motifs is 1. The maximum Gasteiger partial charge on any atom is 0.305 e. The lowest BCUT2D eigenvalue weighted by Crippen LogP contribution is -2.39. The number of furan rings is 1. The van der Waals surface area contributed by atoms with Gasteiger partial charge < -0.3 is 19.2 Å². The highest BCUT2D eigenvalue weighted by Gasteiger charge is 2.39. The highest BCUT2D eigenvalue weighted by Crippen LogP contribution is 2.30. The predicted molar refractivity (Wildman–Crippen MR) is 87.8 cm³/mol. The van der Waals surface area contributed by atoms with Crippen molar-refractivity contribution in [3.8, 4) is 0 Å². The van der Waals surface area contributed by atoms with Gasteiger partial charge in [-0.25, -0.2) is 0 Å². The van der Waals surface area contributed by atoms with E-state index in [9.17, 15) is 9.59 Å². The highest BCUT2D eigenvalue weighted by molar-refractivity contribution is 5.86. The average Bonchev–Trinajstić information content (AvgIpc) is 3.16. The molecular weight excluding hydrogens is 310 g/mol. The highest BCUT2D eigenvalue weighted by atomic mass is 16.5. The topological polar surface area (TPSA) is 80.0 Å². The van der Waals surface area contributed by atoms with Crippen LogP contribution in [-0.2, 0) is 14.3 Å². The third kappa shape index (κ3) is 3.14. The van der Waals surface area contributed by atoms with Gasteiger partial charge in [0.2, 0.25) is 5.91 Å². The summed E-state index contributed by atoms with van der Waals surface area (Å²) < 4.78 is 11.1. The molecule has 3 atom stereocenters. The minimum absolute atomic E-state index is 0.0710. The van der Waals surface area contributed by atoms with Crippen molar-refractivity contribution in [2.45, 2.75) is 37.8 Å². The van der Waals surface area contributed by atoms with Crippen molar-refractivity contribution in [2.75, 3.05) is 13.7 Å². The molecule has 3 unspecified atom stereocenters. The molecule has 1 saturated heterocycles. The first-order valence-electron chi connectivity index (χ1n) is 8.03. The van der Waals surface area contributed by atoms with Crippen LogP contribution in [0.1, 0.15) is 31.4 Å². The molecule has 1 N–H and O–H groups in total. The Labute approximate surface area is 140 Å². The van der Waals surface area contributed by atoms with Gasteiger partial charge in [-0.15, -0.1) is 0 Å². The summed E-state index contributed by atoms with van der Waals surface area (Å²) >= 11 is 0. The van der Waals surface area contributed by atoms with Gasteiger partial charge in [-0.05, 0) is 25.5 Å². The largest absolute Gasteiger partial charge is 0.481 e. The van der Waals surface area contributed by atoms with E-state index in [0.717, 1.165) is 11.0 Å². The van der Waals surface area contributed by atoms with Crippen LogP contribution in [0.2, 0.25) is 0 Å². The fraction of sp³-hybridized carbons (Fsp3) is 0.444. The second-order valence-electron chi connectivity index (χ2n) is 6.24. The average molecular weight is 331 g/mol. The molecule has 0 saturated carbocycles. The smallest absolute Gasteiger partial charge is 0.305 e. The zero-order chi connectivity index (χ0) is 17.3. The van der Waals surface area contributed by atoms with Crippen LogP contribution in [0.4, 0.5) is 0 Å². The minimum Gasteiger partial charge on any atom is -0.481 e. The monoisotopic (exact) mass is 331 g/mol. The molecule has 1 aliphatic heterocycles. The molecule has 2 heterocycles. The summed E-state index contributed by atoms with van der Waals surface area (Å²) in [6, 6.07) is 9.12. The summed E-state index contributed by atoms with van der Waals surface area (Å²) in [5, 5.41) is 10.0. The quantitative estimate of drug-likeness (QED) is 0.911. The summed E-state index contributed by atoms with van der Waals surface area (Å²) in [6.07, 6.45) is 0.348. The number of carbonyl (C=O) groups is 2. The molecule has 0 aliphatic carbocycles. The van der Waals surface area contributed by atoms with E-state index in [1.165, 1.54) is 0 Å². The Bertz CT molecular complexity index is 720. The Balaban J connectivity index is 1.81. The van der Waals surface area contributed by atoms with E-state index in [-0.39, 0.29) is 24.5 Å². The fourth-order valence-electron chi connectivity index (χ4n) is 3.30. The van der Waals surface area contributed by atoms with Gasteiger partial charge in [-0.2, -0.15) is 0 Å². The molecule has 24 heavy (non-hydrogen) atoms. The van der Waals surface area contributed by atoms with Crippen LogP contribution in [0.5, 0.6) is 0 Å². The molecule has 0 radical (unpaired) electrons. The third-order valence-electron chi connectivity index (χ3n) is 4.64. The van der Waals surface area contributed by atoms with Crippen LogP contribution in [0, 0.1) is 0 Å². The van der Waals surface area contributed by atoms with Gasteiger partial charge in [0.25, 0.3) is 0 Å². The van der Waals surface area contributed by atoms with Crippen LogP contribution in [-0.4, -0.2) is 47.7 Å². The number of hydrogen-bond acceptors (Lipinski definition) is 4. The molecule has 1 fully saturated rings. The van der Waals surface area contributed by atoms with Gasteiger partial charge in [0.1, 0.15) is 11.3 Å². The van der Waals surface area contributed by atoms with Gasteiger partial charge in [0.05, 0.1) is 18.4 Å². The normalized spacial score (nSPS) is 22.0. The Morgan fingerprint density at radius 3 is 2.83 bits per heavy atom. The molecular formula is C18H21NO5. The molecule has 2 aromatic rings. The summed E-state index contributed by atoms with van der Waals surface area (Å²) in [5.74, 6) is -0.911. The van der Waals surface area contributed by atoms with E-state index in [1.54, 1.807) is 18.9 Å². The van der Waals surface area contributed by atoms with Crippen LogP contribution >= 0.6 is 0 Å². The molecule has 0 spiro atoms. The number of benzene rings is 1. The second-order valence-corrected chi connectivity index (χ2v) is 6.24. The van der Waals surface area contributed by atoms with E-state index in [1.807, 2.05) is 30.3 Å². The number of rotatable bonds is 5. The van der Waals surface area contributed by atoms with Gasteiger partial charge in [-0.3, -0.25) is 9.59 Å². The number of para-hydroxylation sites is 1. The van der Waals surface area contributed by atoms with Crippen molar-refractivity contribution in [3.05, 3.63) is 36.1 Å². The number of nitrogens with zero attached hydrogens (tertiary/aromatic N) is 1. The number of aliphatic carboxylic acids is 1. The summed E-state index contributed by atoms with van der Waals surface area (Å²) in [7, 11) is 1.58. The summed E-state index contributed by atoms with van der Waals surface area (Å²) in [6.45, 7) is 2.20. The number of carbonyl (C=O) groups excluding carboxylic acids is 1. The van der Waals surface area contributed by atoms with E-state index >= 15 is 0 Å². The Morgan fingerprint density at radius 2 is 2.17 bits per heavy atom. The standard InChI is InChI=1S/C18H21NO5/c1-11(16-7-12-5-3-4-6-15(12)24-16)18(22)19-10-14(23-2)8-13(19)9-17(20)21/h3-7,11,13-14H,8-10H2,1-2H3,(H,20,21). The maximum atomic E-state index is 12.9. The number of hydrogen-bond donors (Lipinski definition) is 1. The van der Waals surface area contributed by atoms with Gasteiger partial charge in [-0.1, -0.05) is 18.2 Å². The maximum absolute atomic E-state index is 12.9. The van der Waals surface area contributed by atoms with Crippen molar-refractivity contribution < 1.29 is 23.8 Å². The molecule has 0 bridgehead atoms. The van der Waals surface area contributed by atoms with Gasteiger partial charge in [0.15, 0.2) is 0 Å². The van der Waals surface area contributed by atoms with Gasteiger partial charge >= 0.3 is 5.97 Å². The summed E-state index contributed by atoms with van der Waals surface area (Å²) in [5.41, 5.74) is 0.741. The van der Waals surface area contributed by atoms with Crippen LogP contribution < -0.4 is 0 Å². The minimum atomic E-state index is -0.911. The zero-order valence-electron chi connectivity index (χ0n) is 13.8. The number of carboxylic acids is 1. The van der Waals surface area contributed by atoms with Crippen LogP contribution in [0.25, 0.3) is 11.0 Å². The first-order chi connectivity index (χ1) is 11.5. The number of carboxylic acid groups (broad SMARTS) is 1. The molecule has 3 rings (SSSR count). The Kier molecular flexibility index (Phi) is 4.57. The molecule has 6 nitrogen and oxygen atoms in total. The molecule has 128 valence electrons.